The Kier molecular flexibility index (Phi) is 8.46. The number of aryl methyl sites for hydroxylation is 1. The Morgan fingerprint density at radius 3 is 2.28 bits per heavy atom. The van der Waals surface area contributed by atoms with Crippen LogP contribution in [-0.2, 0) is 16.1 Å². The number of carbonyl (C=O) groups is 3. The number of carboxylic acids is 1. The summed E-state index contributed by atoms with van der Waals surface area (Å²) in [6.45, 7) is 6.28. The molecule has 0 bridgehead atoms. The van der Waals surface area contributed by atoms with E-state index in [1.165, 1.54) is 0 Å². The maximum Gasteiger partial charge on any atom is 0.315 e. The van der Waals surface area contributed by atoms with E-state index in [-0.39, 0.29) is 24.8 Å². The second kappa shape index (κ2) is 10.3. The van der Waals surface area contributed by atoms with Crippen LogP contribution in [0.1, 0.15) is 37.8 Å². The van der Waals surface area contributed by atoms with Crippen LogP contribution in [-0.4, -0.2) is 35.6 Å². The molecular weight excluding hydrogens is 322 g/mol. The first kappa shape index (κ1) is 20.5. The van der Waals surface area contributed by atoms with Gasteiger partial charge in [0, 0.05) is 13.1 Å². The van der Waals surface area contributed by atoms with Crippen molar-refractivity contribution in [2.45, 2.75) is 46.2 Å². The van der Waals surface area contributed by atoms with E-state index in [4.69, 9.17) is 5.11 Å². The standard InChI is InChI=1S/C18H27N3O4/c1-12(2)10-15(17(24)19-9-8-16(22)23)21-18(25)20-11-14-6-4-13(3)5-7-14/h4-7,12,15H,8-11H2,1-3H3,(H,19,24)(H,22,23)(H2,20,21,25). The molecule has 1 aromatic rings. The van der Waals surface area contributed by atoms with Crippen LogP contribution in [0.3, 0.4) is 0 Å². The van der Waals surface area contributed by atoms with Crippen molar-refractivity contribution in [3.05, 3.63) is 35.4 Å². The molecule has 25 heavy (non-hydrogen) atoms. The zero-order valence-corrected chi connectivity index (χ0v) is 15.0. The Hall–Kier alpha value is -2.57. The quantitative estimate of drug-likeness (QED) is 0.545. The van der Waals surface area contributed by atoms with Gasteiger partial charge in [0.15, 0.2) is 0 Å². The fraction of sp³-hybridized carbons (Fsp3) is 0.500. The van der Waals surface area contributed by atoms with E-state index in [9.17, 15) is 14.4 Å². The molecule has 7 nitrogen and oxygen atoms in total. The minimum absolute atomic E-state index is 0.0371. The molecule has 0 spiro atoms. The monoisotopic (exact) mass is 349 g/mol. The summed E-state index contributed by atoms with van der Waals surface area (Å²) in [7, 11) is 0. The fourth-order valence-corrected chi connectivity index (χ4v) is 2.22. The van der Waals surface area contributed by atoms with Gasteiger partial charge in [0.05, 0.1) is 6.42 Å². The lowest BCUT2D eigenvalue weighted by atomic mass is 10.0. The lowest BCUT2D eigenvalue weighted by Crippen LogP contribution is -2.50. The number of benzene rings is 1. The van der Waals surface area contributed by atoms with Crippen LogP contribution in [0.25, 0.3) is 0 Å². The number of hydrogen-bond donors (Lipinski definition) is 4. The van der Waals surface area contributed by atoms with Crippen LogP contribution in [0.2, 0.25) is 0 Å². The molecule has 0 aliphatic carbocycles. The molecule has 7 heteroatoms. The zero-order chi connectivity index (χ0) is 18.8. The Morgan fingerprint density at radius 2 is 1.72 bits per heavy atom. The summed E-state index contributed by atoms with van der Waals surface area (Å²) < 4.78 is 0. The minimum Gasteiger partial charge on any atom is -0.481 e. The average molecular weight is 349 g/mol. The number of rotatable bonds is 9. The van der Waals surface area contributed by atoms with E-state index in [1.54, 1.807) is 0 Å². The highest BCUT2D eigenvalue weighted by Gasteiger charge is 2.21. The third-order valence-corrected chi connectivity index (χ3v) is 3.54. The van der Waals surface area contributed by atoms with Gasteiger partial charge in [0.25, 0.3) is 0 Å². The maximum absolute atomic E-state index is 12.2. The molecule has 0 heterocycles. The largest absolute Gasteiger partial charge is 0.481 e. The Bertz CT molecular complexity index is 584. The van der Waals surface area contributed by atoms with Crippen LogP contribution in [0.4, 0.5) is 4.79 Å². The second-order valence-corrected chi connectivity index (χ2v) is 6.43. The number of urea groups is 1. The van der Waals surface area contributed by atoms with E-state index < -0.39 is 18.0 Å². The molecule has 1 atom stereocenters. The number of nitrogens with one attached hydrogen (secondary N) is 3. The summed E-state index contributed by atoms with van der Waals surface area (Å²) in [6, 6.07) is 6.66. The van der Waals surface area contributed by atoms with Gasteiger partial charge in [-0.15, -0.1) is 0 Å². The third kappa shape index (κ3) is 8.74. The third-order valence-electron chi connectivity index (χ3n) is 3.54. The number of carbonyl (C=O) groups excluding carboxylic acids is 2. The molecule has 0 saturated heterocycles. The van der Waals surface area contributed by atoms with Crippen molar-refractivity contribution in [3.63, 3.8) is 0 Å². The number of hydrogen-bond acceptors (Lipinski definition) is 3. The van der Waals surface area contributed by atoms with Gasteiger partial charge in [-0.3, -0.25) is 9.59 Å². The molecule has 1 aromatic carbocycles. The zero-order valence-electron chi connectivity index (χ0n) is 15.0. The Balaban J connectivity index is 2.51. The molecule has 0 radical (unpaired) electrons. The van der Waals surface area contributed by atoms with Crippen LogP contribution in [0.15, 0.2) is 24.3 Å². The van der Waals surface area contributed by atoms with E-state index in [0.717, 1.165) is 11.1 Å². The number of amides is 3. The van der Waals surface area contributed by atoms with Crippen LogP contribution >= 0.6 is 0 Å². The van der Waals surface area contributed by atoms with Crippen molar-refractivity contribution in [1.82, 2.24) is 16.0 Å². The second-order valence-electron chi connectivity index (χ2n) is 6.43. The van der Waals surface area contributed by atoms with Crippen LogP contribution in [0.5, 0.6) is 0 Å². The summed E-state index contributed by atoms with van der Waals surface area (Å²) in [5, 5.41) is 16.5. The van der Waals surface area contributed by atoms with Crippen molar-refractivity contribution in [1.29, 1.82) is 0 Å². The highest BCUT2D eigenvalue weighted by atomic mass is 16.4. The Labute approximate surface area is 148 Å². The molecule has 0 fully saturated rings. The predicted molar refractivity (Wildman–Crippen MR) is 95.1 cm³/mol. The lowest BCUT2D eigenvalue weighted by Gasteiger charge is -2.20. The van der Waals surface area contributed by atoms with E-state index >= 15 is 0 Å². The molecular formula is C18H27N3O4. The number of aliphatic carboxylic acids is 1. The Morgan fingerprint density at radius 1 is 1.08 bits per heavy atom. The average Bonchev–Trinajstić information content (AvgIpc) is 2.53. The predicted octanol–water partition coefficient (Wildman–Crippen LogP) is 1.80. The van der Waals surface area contributed by atoms with Gasteiger partial charge in [-0.05, 0) is 24.8 Å². The van der Waals surface area contributed by atoms with Crippen molar-refractivity contribution in [2.24, 2.45) is 5.92 Å². The molecule has 1 unspecified atom stereocenters. The van der Waals surface area contributed by atoms with Gasteiger partial charge < -0.3 is 21.1 Å². The first-order chi connectivity index (χ1) is 11.8. The number of carboxylic acid groups (broad SMARTS) is 1. The van der Waals surface area contributed by atoms with Crippen molar-refractivity contribution < 1.29 is 19.5 Å². The van der Waals surface area contributed by atoms with Crippen LogP contribution < -0.4 is 16.0 Å². The normalized spacial score (nSPS) is 11.7. The smallest absolute Gasteiger partial charge is 0.315 e. The van der Waals surface area contributed by atoms with E-state index in [2.05, 4.69) is 16.0 Å². The minimum atomic E-state index is -0.982. The molecule has 0 saturated carbocycles. The summed E-state index contributed by atoms with van der Waals surface area (Å²) in [4.78, 5) is 34.7. The first-order valence-corrected chi connectivity index (χ1v) is 8.37. The maximum atomic E-state index is 12.2. The molecule has 0 aromatic heterocycles. The van der Waals surface area contributed by atoms with Crippen molar-refractivity contribution in [3.8, 4) is 0 Å². The summed E-state index contributed by atoms with van der Waals surface area (Å²) in [5.41, 5.74) is 2.11. The summed E-state index contributed by atoms with van der Waals surface area (Å²) in [5.74, 6) is -1.16. The van der Waals surface area contributed by atoms with Gasteiger partial charge in [-0.25, -0.2) is 4.79 Å². The summed E-state index contributed by atoms with van der Waals surface area (Å²) in [6.07, 6.45) is 0.316. The van der Waals surface area contributed by atoms with Crippen molar-refractivity contribution >= 4 is 17.9 Å². The highest BCUT2D eigenvalue weighted by molar-refractivity contribution is 5.87. The van der Waals surface area contributed by atoms with E-state index in [0.29, 0.717) is 13.0 Å². The molecule has 138 valence electrons. The van der Waals surface area contributed by atoms with E-state index in [1.807, 2.05) is 45.0 Å². The topological polar surface area (TPSA) is 108 Å². The molecule has 1 rings (SSSR count). The highest BCUT2D eigenvalue weighted by Crippen LogP contribution is 2.06. The van der Waals surface area contributed by atoms with Gasteiger partial charge in [-0.1, -0.05) is 43.7 Å². The lowest BCUT2D eigenvalue weighted by molar-refractivity contribution is -0.137. The molecule has 3 amide bonds. The van der Waals surface area contributed by atoms with Crippen molar-refractivity contribution in [2.75, 3.05) is 6.54 Å². The van der Waals surface area contributed by atoms with Gasteiger partial charge in [0.1, 0.15) is 6.04 Å². The van der Waals surface area contributed by atoms with Crippen LogP contribution in [0, 0.1) is 12.8 Å². The van der Waals surface area contributed by atoms with Gasteiger partial charge >= 0.3 is 12.0 Å². The SMILES string of the molecule is Cc1ccc(CNC(=O)NC(CC(C)C)C(=O)NCCC(=O)O)cc1. The van der Waals surface area contributed by atoms with Gasteiger partial charge in [-0.2, -0.15) is 0 Å². The summed E-state index contributed by atoms with van der Waals surface area (Å²) >= 11 is 0. The first-order valence-electron chi connectivity index (χ1n) is 8.37. The molecule has 0 aliphatic heterocycles. The fourth-order valence-electron chi connectivity index (χ4n) is 2.22. The van der Waals surface area contributed by atoms with Gasteiger partial charge in [0.2, 0.25) is 5.91 Å². The molecule has 0 aliphatic rings. The molecule has 4 N–H and O–H groups in total.